The zero-order valence-corrected chi connectivity index (χ0v) is 25.1. The highest BCUT2D eigenvalue weighted by atomic mass is 19.3. The second-order valence-electron chi connectivity index (χ2n) is 11.5. The number of fused-ring (bicyclic) bond motifs is 2. The van der Waals surface area contributed by atoms with Crippen molar-refractivity contribution in [1.82, 2.24) is 4.57 Å². The number of ether oxygens (including phenoxy) is 4. The molecule has 0 spiro atoms. The number of nitrogens with one attached hydrogen (secondary N) is 1. The van der Waals surface area contributed by atoms with E-state index in [0.29, 0.717) is 53.8 Å². The summed E-state index contributed by atoms with van der Waals surface area (Å²) >= 11 is 0. The molecule has 1 aliphatic carbocycles. The van der Waals surface area contributed by atoms with Gasteiger partial charge in [-0.15, -0.1) is 8.78 Å². The third-order valence-corrected chi connectivity index (χ3v) is 8.00. The third kappa shape index (κ3) is 6.90. The Labute approximate surface area is 254 Å². The van der Waals surface area contributed by atoms with E-state index in [1.165, 1.54) is 18.2 Å². The fourth-order valence-electron chi connectivity index (χ4n) is 5.37. The van der Waals surface area contributed by atoms with Crippen molar-refractivity contribution in [1.29, 1.82) is 0 Å². The number of unbranched alkanes of at least 4 members (excludes halogenated alkanes) is 2. The van der Waals surface area contributed by atoms with Crippen LogP contribution in [0.3, 0.4) is 0 Å². The second-order valence-corrected chi connectivity index (χ2v) is 11.5. The zero-order chi connectivity index (χ0) is 31.5. The molecule has 0 bridgehead atoms. The number of amides is 1. The molecule has 1 aromatic heterocycles. The van der Waals surface area contributed by atoms with Gasteiger partial charge in [0.25, 0.3) is 0 Å². The average Bonchev–Trinajstić information content (AvgIpc) is 3.64. The minimum absolute atomic E-state index is 0.0157. The first-order valence-electron chi connectivity index (χ1n) is 15.1. The van der Waals surface area contributed by atoms with Crippen LogP contribution in [0.15, 0.2) is 43.0 Å². The van der Waals surface area contributed by atoms with Crippen LogP contribution in [-0.4, -0.2) is 54.4 Å². The molecule has 2 aliphatic rings. The number of hydrogen-bond acceptors (Lipinski definition) is 6. The van der Waals surface area contributed by atoms with Crippen LogP contribution in [0.2, 0.25) is 0 Å². The number of benzene rings is 2. The topological polar surface area (TPSA) is 91.2 Å². The van der Waals surface area contributed by atoms with Crippen LogP contribution in [0.4, 0.5) is 18.9 Å². The van der Waals surface area contributed by atoms with Crippen LogP contribution < -0.4 is 14.8 Å². The quantitative estimate of drug-likeness (QED) is 0.173. The molecule has 238 valence electrons. The van der Waals surface area contributed by atoms with Crippen LogP contribution in [0.5, 0.6) is 11.5 Å². The molecule has 1 atom stereocenters. The van der Waals surface area contributed by atoms with E-state index >= 15 is 4.39 Å². The predicted octanol–water partition coefficient (Wildman–Crippen LogP) is 6.78. The molecule has 11 heteroatoms. The lowest BCUT2D eigenvalue weighted by Crippen LogP contribution is -2.28. The Morgan fingerprint density at radius 3 is 2.48 bits per heavy atom. The molecule has 1 amide bonds. The number of aromatic nitrogens is 1. The van der Waals surface area contributed by atoms with Crippen LogP contribution in [0.25, 0.3) is 16.5 Å². The largest absolute Gasteiger partial charge is 0.586 e. The Morgan fingerprint density at radius 2 is 1.77 bits per heavy atom. The SMILES string of the molecule is C=C(COCCCC)c1cc2cc(NC(=O)C3(c4ccc5c(c4)OC(F)(F)O5)CC3)c(F)cc2n1CC(O)COCCCC. The van der Waals surface area contributed by atoms with Crippen molar-refractivity contribution in [3.63, 3.8) is 0 Å². The highest BCUT2D eigenvalue weighted by Gasteiger charge is 2.53. The summed E-state index contributed by atoms with van der Waals surface area (Å²) in [4.78, 5) is 13.5. The van der Waals surface area contributed by atoms with Crippen molar-refractivity contribution in [3.05, 3.63) is 60.1 Å². The Hall–Kier alpha value is -3.54. The molecule has 1 unspecified atom stereocenters. The van der Waals surface area contributed by atoms with E-state index in [0.717, 1.165) is 25.7 Å². The minimum atomic E-state index is -3.77. The molecule has 0 radical (unpaired) electrons. The van der Waals surface area contributed by atoms with E-state index in [4.69, 9.17) is 9.47 Å². The summed E-state index contributed by atoms with van der Waals surface area (Å²) in [6, 6.07) is 8.98. The number of halogens is 3. The van der Waals surface area contributed by atoms with Crippen LogP contribution >= 0.6 is 0 Å². The van der Waals surface area contributed by atoms with Crippen molar-refractivity contribution in [3.8, 4) is 11.5 Å². The normalized spacial score (nSPS) is 16.7. The summed E-state index contributed by atoms with van der Waals surface area (Å²) in [7, 11) is 0. The first-order chi connectivity index (χ1) is 21.1. The van der Waals surface area contributed by atoms with Crippen LogP contribution in [-0.2, 0) is 26.2 Å². The lowest BCUT2D eigenvalue weighted by atomic mass is 9.94. The van der Waals surface area contributed by atoms with Gasteiger partial charge in [-0.25, -0.2) is 4.39 Å². The predicted molar refractivity (Wildman–Crippen MR) is 161 cm³/mol. The summed E-state index contributed by atoms with van der Waals surface area (Å²) in [5.41, 5.74) is 1.35. The Bertz CT molecular complexity index is 1520. The summed E-state index contributed by atoms with van der Waals surface area (Å²) in [5.74, 6) is -1.36. The molecule has 0 saturated heterocycles. The smallest absolute Gasteiger partial charge is 0.395 e. The van der Waals surface area contributed by atoms with Gasteiger partial charge in [0.2, 0.25) is 5.91 Å². The van der Waals surface area contributed by atoms with Gasteiger partial charge in [0, 0.05) is 30.4 Å². The van der Waals surface area contributed by atoms with Gasteiger partial charge in [-0.1, -0.05) is 39.3 Å². The number of aliphatic hydroxyl groups excluding tert-OH is 1. The molecule has 2 heterocycles. The first kappa shape index (κ1) is 31.9. The van der Waals surface area contributed by atoms with Gasteiger partial charge in [-0.3, -0.25) is 4.79 Å². The van der Waals surface area contributed by atoms with Gasteiger partial charge in [-0.05, 0) is 61.1 Å². The fourth-order valence-corrected chi connectivity index (χ4v) is 5.37. The highest BCUT2D eigenvalue weighted by Crippen LogP contribution is 2.52. The fraction of sp³-hybridized carbons (Fsp3) is 0.485. The molecule has 5 rings (SSSR count). The standard InChI is InChI=1S/C33H39F3N2O6/c1-4-6-12-41-19-21(3)27-15-22-14-26(25(34)17-28(22)38(27)18-24(39)20-42-13-7-5-2)37-31(40)32(10-11-32)23-8-9-29-30(16-23)44-33(35,36)43-29/h8-9,14-17,24,39H,3-7,10-13,18-20H2,1-2H3,(H,37,40). The van der Waals surface area contributed by atoms with Gasteiger partial charge in [0.05, 0.1) is 42.5 Å². The maximum atomic E-state index is 15.6. The van der Waals surface area contributed by atoms with Gasteiger partial charge in [-0.2, -0.15) is 0 Å². The molecule has 1 aliphatic heterocycles. The van der Waals surface area contributed by atoms with Gasteiger partial charge >= 0.3 is 6.29 Å². The molecule has 1 saturated carbocycles. The number of aliphatic hydroxyl groups is 1. The lowest BCUT2D eigenvalue weighted by Gasteiger charge is -2.18. The average molecular weight is 617 g/mol. The number of alkyl halides is 2. The summed E-state index contributed by atoms with van der Waals surface area (Å²) in [5, 5.41) is 14.1. The van der Waals surface area contributed by atoms with E-state index in [9.17, 15) is 18.7 Å². The minimum Gasteiger partial charge on any atom is -0.395 e. The van der Waals surface area contributed by atoms with Crippen LogP contribution in [0.1, 0.15) is 63.6 Å². The van der Waals surface area contributed by atoms with Crippen molar-refractivity contribution < 1.29 is 42.0 Å². The van der Waals surface area contributed by atoms with E-state index in [2.05, 4.69) is 35.2 Å². The van der Waals surface area contributed by atoms with Gasteiger partial charge in [0.1, 0.15) is 5.82 Å². The number of hydrogen-bond donors (Lipinski definition) is 2. The molecule has 2 N–H and O–H groups in total. The second kappa shape index (κ2) is 13.2. The summed E-state index contributed by atoms with van der Waals surface area (Å²) in [6.07, 6.45) is 0.115. The molecule has 1 fully saturated rings. The van der Waals surface area contributed by atoms with Crippen molar-refractivity contribution in [2.24, 2.45) is 0 Å². The van der Waals surface area contributed by atoms with E-state index in [-0.39, 0.29) is 36.9 Å². The maximum absolute atomic E-state index is 15.6. The number of carbonyl (C=O) groups is 1. The molecular weight excluding hydrogens is 577 g/mol. The van der Waals surface area contributed by atoms with E-state index in [1.54, 1.807) is 16.7 Å². The van der Waals surface area contributed by atoms with Crippen LogP contribution in [0, 0.1) is 5.82 Å². The number of carbonyl (C=O) groups excluding carboxylic acids is 1. The number of nitrogens with zero attached hydrogens (tertiary/aromatic N) is 1. The Kier molecular flexibility index (Phi) is 9.57. The summed E-state index contributed by atoms with van der Waals surface area (Å²) < 4.78 is 64.8. The lowest BCUT2D eigenvalue weighted by molar-refractivity contribution is -0.286. The molecule has 2 aromatic carbocycles. The van der Waals surface area contributed by atoms with Gasteiger partial charge < -0.3 is 33.9 Å². The maximum Gasteiger partial charge on any atom is 0.586 e. The number of anilines is 1. The van der Waals surface area contributed by atoms with Gasteiger partial charge in [0.15, 0.2) is 11.5 Å². The molecule has 3 aromatic rings. The molecule has 44 heavy (non-hydrogen) atoms. The van der Waals surface area contributed by atoms with Crippen molar-refractivity contribution >= 4 is 28.1 Å². The molecular formula is C33H39F3N2O6. The summed E-state index contributed by atoms with van der Waals surface area (Å²) in [6.45, 7) is 10.0. The van der Waals surface area contributed by atoms with E-state index < -0.39 is 29.5 Å². The monoisotopic (exact) mass is 616 g/mol. The van der Waals surface area contributed by atoms with Crippen molar-refractivity contribution in [2.75, 3.05) is 31.7 Å². The zero-order valence-electron chi connectivity index (χ0n) is 25.1. The molecule has 8 nitrogen and oxygen atoms in total. The first-order valence-corrected chi connectivity index (χ1v) is 15.1. The Morgan fingerprint density at radius 1 is 1.07 bits per heavy atom. The third-order valence-electron chi connectivity index (χ3n) is 8.00. The van der Waals surface area contributed by atoms with E-state index in [1.807, 2.05) is 6.07 Å². The van der Waals surface area contributed by atoms with Crippen molar-refractivity contribution in [2.45, 2.75) is 76.7 Å². The Balaban J connectivity index is 1.38. The number of rotatable bonds is 16. The highest BCUT2D eigenvalue weighted by molar-refractivity contribution is 6.03.